The quantitative estimate of drug-likeness (QED) is 0.898. The molecular weight excluding hydrogens is 261 g/mol. The monoisotopic (exact) mass is 276 g/mol. The van der Waals surface area contributed by atoms with E-state index in [1.165, 1.54) is 6.07 Å². The Balaban J connectivity index is 2.10. The number of halogens is 2. The van der Waals surface area contributed by atoms with Crippen molar-refractivity contribution in [3.63, 3.8) is 0 Å². The molecule has 0 fully saturated rings. The highest BCUT2D eigenvalue weighted by Crippen LogP contribution is 2.22. The fraction of sp³-hybridized carbons (Fsp3) is 0.188. The molecule has 0 spiro atoms. The summed E-state index contributed by atoms with van der Waals surface area (Å²) in [7, 11) is 0. The first-order valence-electron chi connectivity index (χ1n) is 6.10. The minimum atomic E-state index is -0.511. The summed E-state index contributed by atoms with van der Waals surface area (Å²) in [6.45, 7) is 1.94. The zero-order valence-electron chi connectivity index (χ0n) is 10.7. The number of benzene rings is 2. The molecule has 1 unspecified atom stereocenters. The van der Waals surface area contributed by atoms with Gasteiger partial charge < -0.3 is 5.73 Å². The number of hydrogen-bond donors (Lipinski definition) is 1. The molecule has 0 aliphatic carbocycles. The van der Waals surface area contributed by atoms with Gasteiger partial charge in [-0.2, -0.15) is 0 Å². The molecular formula is C16H16ClFN. The third kappa shape index (κ3) is 4.05. The minimum absolute atomic E-state index is 0.115. The maximum atomic E-state index is 13.1. The van der Waals surface area contributed by atoms with Crippen molar-refractivity contribution in [1.29, 1.82) is 0 Å². The Bertz CT molecular complexity index is 552. The highest BCUT2D eigenvalue weighted by atomic mass is 35.5. The summed E-state index contributed by atoms with van der Waals surface area (Å²) in [4.78, 5) is 0. The molecule has 0 amide bonds. The van der Waals surface area contributed by atoms with E-state index in [2.05, 4.69) is 0 Å². The third-order valence-corrected chi connectivity index (χ3v) is 3.16. The van der Waals surface area contributed by atoms with Crippen molar-refractivity contribution >= 4 is 11.6 Å². The fourth-order valence-corrected chi connectivity index (χ4v) is 2.26. The van der Waals surface area contributed by atoms with Gasteiger partial charge in [0, 0.05) is 12.0 Å². The fourth-order valence-electron chi connectivity index (χ4n) is 2.07. The van der Waals surface area contributed by atoms with E-state index in [1.807, 2.05) is 43.7 Å². The van der Waals surface area contributed by atoms with Crippen molar-refractivity contribution in [2.24, 2.45) is 5.73 Å². The van der Waals surface area contributed by atoms with Crippen LogP contribution >= 0.6 is 11.6 Å². The summed E-state index contributed by atoms with van der Waals surface area (Å²) in [5.41, 5.74) is 7.76. The topological polar surface area (TPSA) is 26.0 Å². The summed E-state index contributed by atoms with van der Waals surface area (Å²) in [5.74, 6) is -0.416. The van der Waals surface area contributed by atoms with Gasteiger partial charge in [-0.25, -0.2) is 4.39 Å². The lowest BCUT2D eigenvalue weighted by molar-refractivity contribution is 0.547. The highest BCUT2D eigenvalue weighted by molar-refractivity contribution is 6.30. The molecule has 0 saturated heterocycles. The predicted molar refractivity (Wildman–Crippen MR) is 77.6 cm³/mol. The molecule has 19 heavy (non-hydrogen) atoms. The standard InChI is InChI=1S/C16H16ClFN/c1-16(19,10-12-5-3-2-4-6-12)11-13-7-8-15(18)14(17)9-13/h2-9,11H,10,19H2,1H3. The second-order valence-corrected chi connectivity index (χ2v) is 5.39. The van der Waals surface area contributed by atoms with Crippen LogP contribution in [0.1, 0.15) is 18.1 Å². The molecule has 1 nitrogen and oxygen atoms in total. The van der Waals surface area contributed by atoms with Gasteiger partial charge in [0.25, 0.3) is 0 Å². The Labute approximate surface area is 118 Å². The predicted octanol–water partition coefficient (Wildman–Crippen LogP) is 3.99. The minimum Gasteiger partial charge on any atom is -0.324 e. The van der Waals surface area contributed by atoms with E-state index in [1.54, 1.807) is 12.1 Å². The average Bonchev–Trinajstić information content (AvgIpc) is 2.34. The highest BCUT2D eigenvalue weighted by Gasteiger charge is 2.20. The lowest BCUT2D eigenvalue weighted by atomic mass is 9.87. The van der Waals surface area contributed by atoms with Gasteiger partial charge in [-0.05, 0) is 36.6 Å². The first-order chi connectivity index (χ1) is 8.96. The molecule has 99 valence electrons. The molecule has 1 atom stereocenters. The van der Waals surface area contributed by atoms with Gasteiger partial charge in [0.05, 0.1) is 5.02 Å². The average molecular weight is 277 g/mol. The van der Waals surface area contributed by atoms with Crippen LogP contribution in [0, 0.1) is 12.2 Å². The first-order valence-corrected chi connectivity index (χ1v) is 6.48. The molecule has 0 bridgehead atoms. The summed E-state index contributed by atoms with van der Waals surface area (Å²) >= 11 is 5.77. The van der Waals surface area contributed by atoms with Crippen molar-refractivity contribution in [2.45, 2.75) is 18.9 Å². The number of rotatable bonds is 4. The van der Waals surface area contributed by atoms with Crippen molar-refractivity contribution in [3.05, 3.63) is 76.9 Å². The van der Waals surface area contributed by atoms with E-state index in [9.17, 15) is 4.39 Å². The van der Waals surface area contributed by atoms with Crippen LogP contribution in [0.15, 0.2) is 48.5 Å². The molecule has 2 aromatic carbocycles. The Kier molecular flexibility index (Phi) is 4.23. The van der Waals surface area contributed by atoms with Gasteiger partial charge in [0.1, 0.15) is 5.82 Å². The summed E-state index contributed by atoms with van der Waals surface area (Å²) in [6.07, 6.45) is 2.62. The molecule has 0 aliphatic heterocycles. The molecule has 2 rings (SSSR count). The Morgan fingerprint density at radius 3 is 2.53 bits per heavy atom. The SMILES string of the molecule is CC(N)([CH]c1ccc(F)c(Cl)c1)Cc1ccccc1. The second kappa shape index (κ2) is 5.72. The van der Waals surface area contributed by atoms with Gasteiger partial charge >= 0.3 is 0 Å². The van der Waals surface area contributed by atoms with Gasteiger partial charge in [0.2, 0.25) is 0 Å². The first kappa shape index (κ1) is 14.0. The summed E-state index contributed by atoms with van der Waals surface area (Å²) in [5, 5.41) is 0.115. The molecule has 0 saturated carbocycles. The van der Waals surface area contributed by atoms with Gasteiger partial charge in [-0.1, -0.05) is 48.0 Å². The maximum Gasteiger partial charge on any atom is 0.141 e. The lowest BCUT2D eigenvalue weighted by Crippen LogP contribution is -2.39. The molecule has 0 aromatic heterocycles. The lowest BCUT2D eigenvalue weighted by Gasteiger charge is -2.24. The van der Waals surface area contributed by atoms with Gasteiger partial charge in [0.15, 0.2) is 0 Å². The maximum absolute atomic E-state index is 13.1. The van der Waals surface area contributed by atoms with E-state index < -0.39 is 11.4 Å². The molecule has 2 aromatic rings. The van der Waals surface area contributed by atoms with Crippen LogP contribution in [0.25, 0.3) is 0 Å². The van der Waals surface area contributed by atoms with Crippen molar-refractivity contribution in [3.8, 4) is 0 Å². The summed E-state index contributed by atoms with van der Waals surface area (Å²) in [6, 6.07) is 14.6. The van der Waals surface area contributed by atoms with Crippen LogP contribution in [-0.2, 0) is 6.42 Å². The van der Waals surface area contributed by atoms with Crippen LogP contribution in [0.4, 0.5) is 4.39 Å². The van der Waals surface area contributed by atoms with Gasteiger partial charge in [-0.15, -0.1) is 0 Å². The Morgan fingerprint density at radius 1 is 1.21 bits per heavy atom. The Morgan fingerprint density at radius 2 is 1.89 bits per heavy atom. The molecule has 2 N–H and O–H groups in total. The summed E-state index contributed by atoms with van der Waals surface area (Å²) < 4.78 is 13.1. The van der Waals surface area contributed by atoms with Crippen LogP contribution in [0.2, 0.25) is 5.02 Å². The zero-order valence-corrected chi connectivity index (χ0v) is 11.5. The van der Waals surface area contributed by atoms with Crippen molar-refractivity contribution in [1.82, 2.24) is 0 Å². The van der Waals surface area contributed by atoms with Crippen LogP contribution in [0.3, 0.4) is 0 Å². The number of nitrogens with two attached hydrogens (primary N) is 1. The molecule has 0 heterocycles. The van der Waals surface area contributed by atoms with E-state index in [0.717, 1.165) is 11.1 Å². The normalized spacial score (nSPS) is 14.1. The smallest absolute Gasteiger partial charge is 0.141 e. The van der Waals surface area contributed by atoms with Crippen LogP contribution < -0.4 is 5.73 Å². The van der Waals surface area contributed by atoms with Gasteiger partial charge in [-0.3, -0.25) is 0 Å². The third-order valence-electron chi connectivity index (χ3n) is 2.87. The number of hydrogen-bond acceptors (Lipinski definition) is 1. The van der Waals surface area contributed by atoms with E-state index in [-0.39, 0.29) is 5.02 Å². The molecule has 0 aliphatic rings. The molecule has 3 heteroatoms. The Hall–Kier alpha value is -1.38. The largest absolute Gasteiger partial charge is 0.324 e. The molecule has 1 radical (unpaired) electrons. The second-order valence-electron chi connectivity index (χ2n) is 4.99. The van der Waals surface area contributed by atoms with Crippen molar-refractivity contribution < 1.29 is 4.39 Å². The zero-order chi connectivity index (χ0) is 13.9. The van der Waals surface area contributed by atoms with E-state index in [4.69, 9.17) is 17.3 Å². The van der Waals surface area contributed by atoms with E-state index in [0.29, 0.717) is 6.42 Å². The van der Waals surface area contributed by atoms with Crippen LogP contribution in [-0.4, -0.2) is 5.54 Å². The van der Waals surface area contributed by atoms with Crippen molar-refractivity contribution in [2.75, 3.05) is 0 Å². The van der Waals surface area contributed by atoms with Crippen LogP contribution in [0.5, 0.6) is 0 Å². The van der Waals surface area contributed by atoms with E-state index >= 15 is 0 Å².